The highest BCUT2D eigenvalue weighted by molar-refractivity contribution is 6.25. The fourth-order valence-electron chi connectivity index (χ4n) is 3.36. The molecule has 0 amide bonds. The third kappa shape index (κ3) is 2.26. The van der Waals surface area contributed by atoms with Crippen molar-refractivity contribution in [3.8, 4) is 23.0 Å². The van der Waals surface area contributed by atoms with Crippen LogP contribution in [0.2, 0.25) is 0 Å². The Balaban J connectivity index is 2.28. The fourth-order valence-corrected chi connectivity index (χ4v) is 3.36. The van der Waals surface area contributed by atoms with Gasteiger partial charge in [-0.2, -0.15) is 0 Å². The third-order valence-corrected chi connectivity index (χ3v) is 4.60. The second kappa shape index (κ2) is 6.22. The summed E-state index contributed by atoms with van der Waals surface area (Å²) < 4.78 is 21.9. The summed E-state index contributed by atoms with van der Waals surface area (Å²) in [5.41, 5.74) is 0.843. The molecule has 6 nitrogen and oxygen atoms in total. The first-order valence-corrected chi connectivity index (χ1v) is 8.05. The first-order chi connectivity index (χ1) is 12.7. The number of fused-ring (bicyclic) bond motifs is 6. The molecule has 0 unspecified atom stereocenters. The van der Waals surface area contributed by atoms with Crippen molar-refractivity contribution in [2.45, 2.75) is 0 Å². The van der Waals surface area contributed by atoms with Gasteiger partial charge in [0.25, 0.3) is 0 Å². The summed E-state index contributed by atoms with van der Waals surface area (Å²) in [6.45, 7) is 0. The minimum atomic E-state index is 0.653. The smallest absolute Gasteiger partial charge is 0.161 e. The van der Waals surface area contributed by atoms with Crippen LogP contribution in [0, 0.1) is 0 Å². The summed E-state index contributed by atoms with van der Waals surface area (Å²) >= 11 is 0. The molecule has 1 aromatic heterocycles. The maximum Gasteiger partial charge on any atom is 0.161 e. The van der Waals surface area contributed by atoms with Crippen LogP contribution in [0.5, 0.6) is 23.0 Å². The molecule has 0 spiro atoms. The van der Waals surface area contributed by atoms with Crippen molar-refractivity contribution in [2.24, 2.45) is 0 Å². The molecular formula is C20H18N2O4. The monoisotopic (exact) mass is 350 g/mol. The van der Waals surface area contributed by atoms with Crippen LogP contribution in [0.1, 0.15) is 0 Å². The predicted molar refractivity (Wildman–Crippen MR) is 101 cm³/mol. The van der Waals surface area contributed by atoms with Gasteiger partial charge in [0.1, 0.15) is 6.33 Å². The number of hydrogen-bond donors (Lipinski definition) is 0. The van der Waals surface area contributed by atoms with Crippen molar-refractivity contribution in [3.63, 3.8) is 0 Å². The maximum atomic E-state index is 5.49. The molecule has 4 rings (SSSR count). The van der Waals surface area contributed by atoms with Gasteiger partial charge >= 0.3 is 0 Å². The van der Waals surface area contributed by atoms with E-state index in [1.54, 1.807) is 34.8 Å². The molecule has 6 heteroatoms. The molecule has 0 N–H and O–H groups in total. The minimum absolute atomic E-state index is 0.653. The van der Waals surface area contributed by atoms with E-state index in [-0.39, 0.29) is 0 Å². The highest BCUT2D eigenvalue weighted by Crippen LogP contribution is 2.43. The van der Waals surface area contributed by atoms with Crippen LogP contribution in [-0.4, -0.2) is 38.4 Å². The van der Waals surface area contributed by atoms with Crippen molar-refractivity contribution < 1.29 is 18.9 Å². The first-order valence-electron chi connectivity index (χ1n) is 8.05. The average molecular weight is 350 g/mol. The Morgan fingerprint density at radius 3 is 1.50 bits per heavy atom. The van der Waals surface area contributed by atoms with Crippen LogP contribution in [0.25, 0.3) is 32.4 Å². The molecule has 0 radical (unpaired) electrons. The molecule has 26 heavy (non-hydrogen) atoms. The van der Waals surface area contributed by atoms with Crippen LogP contribution in [0.15, 0.2) is 36.8 Å². The number of ether oxygens (including phenoxy) is 4. The second-order valence-corrected chi connectivity index (χ2v) is 5.79. The summed E-state index contributed by atoms with van der Waals surface area (Å²) in [5.74, 6) is 2.63. The van der Waals surface area contributed by atoms with Crippen LogP contribution in [0.4, 0.5) is 0 Å². The zero-order valence-corrected chi connectivity index (χ0v) is 15.0. The molecule has 0 bridgehead atoms. The normalized spacial score (nSPS) is 11.1. The lowest BCUT2D eigenvalue weighted by atomic mass is 9.96. The Labute approximate surface area is 150 Å². The Bertz CT molecular complexity index is 1050. The van der Waals surface area contributed by atoms with Crippen molar-refractivity contribution in [1.82, 2.24) is 9.97 Å². The lowest BCUT2D eigenvalue weighted by molar-refractivity contribution is 0.355. The van der Waals surface area contributed by atoms with Crippen molar-refractivity contribution in [2.75, 3.05) is 28.4 Å². The lowest BCUT2D eigenvalue weighted by Gasteiger charge is -2.15. The van der Waals surface area contributed by atoms with E-state index < -0.39 is 0 Å². The van der Waals surface area contributed by atoms with Crippen LogP contribution in [0.3, 0.4) is 0 Å². The predicted octanol–water partition coefficient (Wildman–Crippen LogP) is 3.97. The summed E-state index contributed by atoms with van der Waals surface area (Å²) in [5, 5.41) is 4.87. The number of aromatic nitrogens is 2. The topological polar surface area (TPSA) is 62.7 Å². The van der Waals surface area contributed by atoms with E-state index in [1.807, 2.05) is 30.5 Å². The molecule has 4 aromatic rings. The molecule has 0 fully saturated rings. The van der Waals surface area contributed by atoms with Crippen LogP contribution >= 0.6 is 0 Å². The molecule has 3 aromatic carbocycles. The van der Waals surface area contributed by atoms with E-state index in [9.17, 15) is 0 Å². The van der Waals surface area contributed by atoms with Crippen LogP contribution < -0.4 is 18.9 Å². The van der Waals surface area contributed by atoms with Crippen molar-refractivity contribution in [1.29, 1.82) is 0 Å². The highest BCUT2D eigenvalue weighted by Gasteiger charge is 2.16. The van der Waals surface area contributed by atoms with Gasteiger partial charge in [-0.15, -0.1) is 0 Å². The zero-order chi connectivity index (χ0) is 18.3. The van der Waals surface area contributed by atoms with E-state index in [4.69, 9.17) is 18.9 Å². The van der Waals surface area contributed by atoms with Gasteiger partial charge in [-0.3, -0.25) is 0 Å². The molecule has 0 saturated heterocycles. The first kappa shape index (κ1) is 16.2. The molecule has 0 atom stereocenters. The van der Waals surface area contributed by atoms with Gasteiger partial charge in [-0.1, -0.05) is 0 Å². The molecular weight excluding hydrogens is 332 g/mol. The maximum absolute atomic E-state index is 5.49. The van der Waals surface area contributed by atoms with Crippen molar-refractivity contribution >= 4 is 32.4 Å². The van der Waals surface area contributed by atoms with Gasteiger partial charge in [-0.05, 0) is 40.4 Å². The average Bonchev–Trinajstić information content (AvgIpc) is 2.71. The fraction of sp³-hybridized carbons (Fsp3) is 0.200. The van der Waals surface area contributed by atoms with E-state index in [1.165, 1.54) is 0 Å². The van der Waals surface area contributed by atoms with Gasteiger partial charge < -0.3 is 18.9 Å². The number of methoxy groups -OCH3 is 4. The molecule has 0 aliphatic rings. The van der Waals surface area contributed by atoms with Gasteiger partial charge in [0, 0.05) is 17.0 Å². The number of rotatable bonds is 4. The standard InChI is InChI=1S/C20H18N2O4/c1-23-16-5-11-12-6-17(24-2)19(26-4)8-14(12)20-15(9-21-10-22-20)13(11)7-18(16)25-3/h5-10H,1-4H3. The van der Waals surface area contributed by atoms with Crippen LogP contribution in [-0.2, 0) is 0 Å². The Kier molecular flexibility index (Phi) is 3.88. The zero-order valence-electron chi connectivity index (χ0n) is 15.0. The third-order valence-electron chi connectivity index (χ3n) is 4.60. The molecule has 0 aliphatic carbocycles. The summed E-state index contributed by atoms with van der Waals surface area (Å²) in [6.07, 6.45) is 3.36. The lowest BCUT2D eigenvalue weighted by Crippen LogP contribution is -1.95. The van der Waals surface area contributed by atoms with E-state index in [0.717, 1.165) is 32.4 Å². The molecule has 0 saturated carbocycles. The molecule has 0 aliphatic heterocycles. The van der Waals surface area contributed by atoms with Gasteiger partial charge in [0.15, 0.2) is 23.0 Å². The minimum Gasteiger partial charge on any atom is -0.493 e. The van der Waals surface area contributed by atoms with E-state index >= 15 is 0 Å². The van der Waals surface area contributed by atoms with Gasteiger partial charge in [-0.25, -0.2) is 9.97 Å². The number of benzene rings is 3. The Hall–Kier alpha value is -3.28. The van der Waals surface area contributed by atoms with Gasteiger partial charge in [0.2, 0.25) is 0 Å². The number of hydrogen-bond acceptors (Lipinski definition) is 6. The molecule has 132 valence electrons. The van der Waals surface area contributed by atoms with E-state index in [0.29, 0.717) is 23.0 Å². The Morgan fingerprint density at radius 1 is 0.577 bits per heavy atom. The van der Waals surface area contributed by atoms with Crippen molar-refractivity contribution in [3.05, 3.63) is 36.8 Å². The summed E-state index contributed by atoms with van der Waals surface area (Å²) in [6, 6.07) is 7.83. The second-order valence-electron chi connectivity index (χ2n) is 5.79. The SMILES string of the molecule is COc1cc2c(cc1OC)c1cncnc1c1cc(OC)c(OC)cc21. The largest absolute Gasteiger partial charge is 0.493 e. The Morgan fingerprint density at radius 2 is 1.00 bits per heavy atom. The van der Waals surface area contributed by atoms with E-state index in [2.05, 4.69) is 9.97 Å². The highest BCUT2D eigenvalue weighted by atomic mass is 16.5. The quantitative estimate of drug-likeness (QED) is 0.519. The summed E-state index contributed by atoms with van der Waals surface area (Å²) in [7, 11) is 6.49. The summed E-state index contributed by atoms with van der Waals surface area (Å²) in [4.78, 5) is 8.71. The number of nitrogens with zero attached hydrogens (tertiary/aromatic N) is 2. The van der Waals surface area contributed by atoms with Gasteiger partial charge in [0.05, 0.1) is 34.0 Å². The molecule has 1 heterocycles.